The number of aromatic nitrogens is 8. The molecule has 6 heterocycles. The van der Waals surface area contributed by atoms with E-state index in [0.717, 1.165) is 49.0 Å². The first-order valence-corrected chi connectivity index (χ1v) is 24.0. The summed E-state index contributed by atoms with van der Waals surface area (Å²) in [5.74, 6) is 4.40. The van der Waals surface area contributed by atoms with Crippen molar-refractivity contribution in [3.63, 3.8) is 0 Å². The van der Waals surface area contributed by atoms with Gasteiger partial charge in [-0.15, -0.1) is 0 Å². The molecule has 0 fully saturated rings. The number of methoxy groups -OCH3 is 2. The zero-order valence-corrected chi connectivity index (χ0v) is 43.5. The van der Waals surface area contributed by atoms with Gasteiger partial charge in [0, 0.05) is 94.1 Å². The average molecular weight is 1090 g/mol. The van der Waals surface area contributed by atoms with Crippen LogP contribution in [0.3, 0.4) is 0 Å². The van der Waals surface area contributed by atoms with Crippen LogP contribution in [-0.2, 0) is 14.1 Å². The largest absolute Gasteiger partial charge is 0.495 e. The van der Waals surface area contributed by atoms with Crippen LogP contribution in [0, 0.1) is 0 Å². The van der Waals surface area contributed by atoms with Crippen molar-refractivity contribution in [2.45, 2.75) is 0 Å². The van der Waals surface area contributed by atoms with Crippen molar-refractivity contribution in [1.29, 1.82) is 0 Å². The van der Waals surface area contributed by atoms with E-state index in [2.05, 4.69) is 57.1 Å². The molecule has 0 aliphatic rings. The SMILES string of the molecule is CNC(=O)c1cc(Oc2ccc3c(c2)nc(Nc2cc(-c4ccncc4)ccc2OC)n3C)ccn1.CNC(=O)c1cc(Oc2ccc3c(c2)nc(Nc2cc(Br)ccc2OC)n3C)ccn1.OB(O)c1ccncc1. The summed E-state index contributed by atoms with van der Waals surface area (Å²) in [6.07, 6.45) is 9.62. The number of rotatable bonds is 14. The molecular weight excluding hydrogens is 1040 g/mol. The standard InChI is InChI=1S/C27H24N6O3.C22H20BrN5O3.C5H6BNO2/c1-28-26(34)23-16-20(10-13-30-23)36-19-5-6-24-21(15-19)31-27(33(24)2)32-22-14-18(4-7-25(22)35-3)17-8-11-29-12-9-17;1-24-21(29)18-12-15(8-9-25-18)31-14-5-6-19-16(11-14)26-22(28(19)2)27-17-10-13(23)4-7-20(17)30-3;8-6(9)5-1-3-7-4-2-5/h4-16H,1-3H3,(H,28,34)(H,31,32);4-12H,1-3H3,(H,24,29)(H,26,27);1-4,8-9H. The molecule has 0 spiro atoms. The quantitative estimate of drug-likeness (QED) is 0.0560. The first-order valence-electron chi connectivity index (χ1n) is 23.2. The van der Waals surface area contributed by atoms with Gasteiger partial charge in [0.2, 0.25) is 11.9 Å². The van der Waals surface area contributed by atoms with Gasteiger partial charge in [0.05, 0.1) is 47.7 Å². The molecule has 2 amide bonds. The van der Waals surface area contributed by atoms with Crippen molar-refractivity contribution in [3.8, 4) is 45.6 Å². The Hall–Kier alpha value is -9.38. The lowest BCUT2D eigenvalue weighted by Gasteiger charge is -2.13. The maximum Gasteiger partial charge on any atom is 0.488 e. The van der Waals surface area contributed by atoms with Gasteiger partial charge in [-0.1, -0.05) is 22.0 Å². The molecule has 0 saturated carbocycles. The van der Waals surface area contributed by atoms with Gasteiger partial charge in [-0.25, -0.2) is 9.97 Å². The summed E-state index contributed by atoms with van der Waals surface area (Å²) >= 11 is 3.48. The molecule has 0 bridgehead atoms. The highest BCUT2D eigenvalue weighted by atomic mass is 79.9. The molecular formula is C54H50BBrN12O8. The lowest BCUT2D eigenvalue weighted by molar-refractivity contribution is 0.0950. The molecule has 0 unspecified atom stereocenters. The number of hydrogen-bond acceptors (Lipinski definition) is 16. The Morgan fingerprint density at radius 1 is 0.539 bits per heavy atom. The molecule has 4 aromatic carbocycles. The van der Waals surface area contributed by atoms with E-state index in [9.17, 15) is 9.59 Å². The summed E-state index contributed by atoms with van der Waals surface area (Å²) in [6.45, 7) is 0. The van der Waals surface area contributed by atoms with Crippen molar-refractivity contribution in [2.75, 3.05) is 38.9 Å². The number of ether oxygens (including phenoxy) is 4. The second-order valence-corrected chi connectivity index (χ2v) is 17.2. The van der Waals surface area contributed by atoms with E-state index in [1.807, 2.05) is 108 Å². The van der Waals surface area contributed by atoms with Crippen molar-refractivity contribution in [1.82, 2.24) is 49.7 Å². The molecule has 10 rings (SSSR count). The van der Waals surface area contributed by atoms with E-state index in [-0.39, 0.29) is 23.2 Å². The number of imidazole rings is 2. The second-order valence-electron chi connectivity index (χ2n) is 16.3. The predicted molar refractivity (Wildman–Crippen MR) is 294 cm³/mol. The molecule has 22 heteroatoms. The van der Waals surface area contributed by atoms with Crippen LogP contribution < -0.4 is 45.7 Å². The minimum absolute atomic E-state index is 0.274. The van der Waals surface area contributed by atoms with Gasteiger partial charge >= 0.3 is 7.12 Å². The van der Waals surface area contributed by atoms with Crippen molar-refractivity contribution in [2.24, 2.45) is 14.1 Å². The van der Waals surface area contributed by atoms with Gasteiger partial charge in [-0.2, -0.15) is 0 Å². The molecule has 6 N–H and O–H groups in total. The fourth-order valence-corrected chi connectivity index (χ4v) is 7.88. The van der Waals surface area contributed by atoms with E-state index in [1.54, 1.807) is 77.1 Å². The summed E-state index contributed by atoms with van der Waals surface area (Å²) in [4.78, 5) is 49.0. The maximum absolute atomic E-state index is 11.9. The summed E-state index contributed by atoms with van der Waals surface area (Å²) in [7, 11) is 8.87. The van der Waals surface area contributed by atoms with Crippen LogP contribution in [0.1, 0.15) is 21.0 Å². The van der Waals surface area contributed by atoms with Gasteiger partial charge in [0.15, 0.2) is 0 Å². The molecule has 76 heavy (non-hydrogen) atoms. The van der Waals surface area contributed by atoms with Crippen molar-refractivity contribution in [3.05, 3.63) is 174 Å². The van der Waals surface area contributed by atoms with Crippen LogP contribution >= 0.6 is 15.9 Å². The highest BCUT2D eigenvalue weighted by Gasteiger charge is 2.16. The molecule has 0 aliphatic heterocycles. The van der Waals surface area contributed by atoms with Crippen LogP contribution in [-0.4, -0.2) is 96.3 Å². The van der Waals surface area contributed by atoms with E-state index in [1.165, 1.54) is 24.8 Å². The number of hydrogen-bond donors (Lipinski definition) is 6. The average Bonchev–Trinajstić information content (AvgIpc) is 3.93. The number of halogens is 1. The third-order valence-corrected chi connectivity index (χ3v) is 11.9. The Morgan fingerprint density at radius 3 is 1.46 bits per heavy atom. The minimum atomic E-state index is -1.38. The Morgan fingerprint density at radius 2 is 1.00 bits per heavy atom. The molecule has 10 aromatic rings. The molecule has 0 radical (unpaired) electrons. The van der Waals surface area contributed by atoms with E-state index in [4.69, 9.17) is 39.0 Å². The Labute approximate surface area is 445 Å². The fourth-order valence-electron chi connectivity index (χ4n) is 7.52. The number of nitrogens with one attached hydrogen (secondary N) is 4. The predicted octanol–water partition coefficient (Wildman–Crippen LogP) is 8.33. The number of amides is 2. The highest BCUT2D eigenvalue weighted by Crippen LogP contribution is 2.36. The van der Waals surface area contributed by atoms with Gasteiger partial charge in [-0.05, 0) is 108 Å². The summed E-state index contributed by atoms with van der Waals surface area (Å²) in [6, 6.07) is 36.6. The number of anilines is 4. The first-order chi connectivity index (χ1) is 36.8. The number of aryl methyl sites for hydroxylation is 2. The Kier molecular flexibility index (Phi) is 17.1. The third-order valence-electron chi connectivity index (χ3n) is 11.4. The minimum Gasteiger partial charge on any atom is -0.495 e. The van der Waals surface area contributed by atoms with Crippen molar-refractivity contribution >= 4 is 85.7 Å². The van der Waals surface area contributed by atoms with Gasteiger partial charge in [-0.3, -0.25) is 29.5 Å². The lowest BCUT2D eigenvalue weighted by Crippen LogP contribution is -2.29. The second kappa shape index (κ2) is 24.6. The number of carbonyl (C=O) groups excluding carboxylic acids is 2. The van der Waals surface area contributed by atoms with E-state index >= 15 is 0 Å². The lowest BCUT2D eigenvalue weighted by atomic mass is 9.81. The number of pyridine rings is 4. The first kappa shape index (κ1) is 52.9. The van der Waals surface area contributed by atoms with Crippen LogP contribution in [0.25, 0.3) is 33.2 Å². The number of nitrogens with zero attached hydrogens (tertiary/aromatic N) is 8. The normalized spacial score (nSPS) is 10.5. The Bertz CT molecular complexity index is 3640. The molecule has 6 aromatic heterocycles. The van der Waals surface area contributed by atoms with Crippen LogP contribution in [0.4, 0.5) is 23.3 Å². The fraction of sp³-hybridized carbons (Fsp3) is 0.111. The van der Waals surface area contributed by atoms with Gasteiger partial charge in [0.1, 0.15) is 45.9 Å². The van der Waals surface area contributed by atoms with Crippen LogP contribution in [0.15, 0.2) is 163 Å². The monoisotopic (exact) mass is 1080 g/mol. The maximum atomic E-state index is 11.9. The van der Waals surface area contributed by atoms with Gasteiger partial charge < -0.3 is 59.4 Å². The number of carbonyl (C=O) groups is 2. The van der Waals surface area contributed by atoms with E-state index < -0.39 is 7.12 Å². The molecule has 384 valence electrons. The summed E-state index contributed by atoms with van der Waals surface area (Å²) in [5, 5.41) is 28.9. The molecule has 0 atom stereocenters. The zero-order valence-electron chi connectivity index (χ0n) is 41.9. The smallest absolute Gasteiger partial charge is 0.488 e. The van der Waals surface area contributed by atoms with Crippen LogP contribution in [0.2, 0.25) is 0 Å². The number of benzene rings is 4. The summed E-state index contributed by atoms with van der Waals surface area (Å²) in [5.41, 5.74) is 8.08. The van der Waals surface area contributed by atoms with Crippen molar-refractivity contribution < 1.29 is 38.6 Å². The third kappa shape index (κ3) is 12.9. The highest BCUT2D eigenvalue weighted by molar-refractivity contribution is 9.10. The molecule has 0 aliphatic carbocycles. The zero-order chi connectivity index (χ0) is 53.7. The summed E-state index contributed by atoms with van der Waals surface area (Å²) < 4.78 is 27.8. The number of fused-ring (bicyclic) bond motifs is 2. The Balaban J connectivity index is 0.000000174. The van der Waals surface area contributed by atoms with E-state index in [0.29, 0.717) is 51.9 Å². The van der Waals surface area contributed by atoms with Gasteiger partial charge in [0.25, 0.3) is 11.8 Å². The topological polar surface area (TPSA) is 247 Å². The molecule has 20 nitrogen and oxygen atoms in total. The molecule has 0 saturated heterocycles. The van der Waals surface area contributed by atoms with Crippen LogP contribution in [0.5, 0.6) is 34.5 Å².